The highest BCUT2D eigenvalue weighted by molar-refractivity contribution is 7.89. The Bertz CT molecular complexity index is 1050. The lowest BCUT2D eigenvalue weighted by atomic mass is 10.00. The average molecular weight is 448 g/mol. The van der Waals surface area contributed by atoms with Crippen LogP contribution in [0.15, 0.2) is 53.4 Å². The summed E-state index contributed by atoms with van der Waals surface area (Å²) < 4.78 is 54.2. The molecule has 31 heavy (non-hydrogen) atoms. The summed E-state index contributed by atoms with van der Waals surface area (Å²) in [6.07, 6.45) is -0.588. The molecule has 3 aliphatic rings. The van der Waals surface area contributed by atoms with E-state index in [-0.39, 0.29) is 10.7 Å². The van der Waals surface area contributed by atoms with Crippen molar-refractivity contribution < 1.29 is 22.3 Å². The van der Waals surface area contributed by atoms with Crippen LogP contribution in [-0.2, 0) is 25.3 Å². The second-order valence-corrected chi connectivity index (χ2v) is 9.80. The van der Waals surface area contributed by atoms with Gasteiger partial charge in [-0.2, -0.15) is 4.31 Å². The van der Waals surface area contributed by atoms with Gasteiger partial charge < -0.3 is 14.4 Å². The summed E-state index contributed by atoms with van der Waals surface area (Å²) in [6, 6.07) is 13.4. The minimum Gasteiger partial charge on any atom is -0.369 e. The second kappa shape index (κ2) is 7.83. The Kier molecular flexibility index (Phi) is 5.26. The van der Waals surface area contributed by atoms with Crippen LogP contribution in [0, 0.1) is 5.82 Å². The molecule has 7 nitrogen and oxygen atoms in total. The van der Waals surface area contributed by atoms with E-state index in [0.717, 1.165) is 5.69 Å². The predicted octanol–water partition coefficient (Wildman–Crippen LogP) is 2.20. The lowest BCUT2D eigenvalue weighted by Crippen LogP contribution is -2.67. The summed E-state index contributed by atoms with van der Waals surface area (Å²) in [6.45, 7) is 5.63. The highest BCUT2D eigenvalue weighted by Gasteiger charge is 2.59. The molecule has 0 bridgehead atoms. The maximum absolute atomic E-state index is 13.5. The van der Waals surface area contributed by atoms with Crippen molar-refractivity contribution in [3.05, 3.63) is 59.9 Å². The largest absolute Gasteiger partial charge is 0.369 e. The molecule has 2 fully saturated rings. The molecule has 166 valence electrons. The van der Waals surface area contributed by atoms with Crippen molar-refractivity contribution in [3.63, 3.8) is 0 Å². The number of halogens is 1. The first-order valence-electron chi connectivity index (χ1n) is 10.6. The molecule has 9 heteroatoms. The van der Waals surface area contributed by atoms with Crippen LogP contribution in [0.5, 0.6) is 0 Å². The maximum Gasteiger partial charge on any atom is 0.245 e. The average Bonchev–Trinajstić information content (AvgIpc) is 3.28. The molecule has 0 N–H and O–H groups in total. The van der Waals surface area contributed by atoms with Crippen LogP contribution in [0.25, 0.3) is 0 Å². The third-order valence-corrected chi connectivity index (χ3v) is 8.33. The number of piperazine rings is 1. The lowest BCUT2D eigenvalue weighted by molar-refractivity contribution is -0.241. The van der Waals surface area contributed by atoms with E-state index in [9.17, 15) is 12.8 Å². The number of likely N-dealkylation sites (N-methyl/N-ethyl adjacent to an activating group) is 1. The molecule has 5 rings (SSSR count). The number of hydrogen-bond donors (Lipinski definition) is 0. The fraction of sp³-hybridized carbons (Fsp3) is 0.455. The molecule has 3 aliphatic heterocycles. The van der Waals surface area contributed by atoms with E-state index in [1.54, 1.807) is 30.3 Å². The van der Waals surface area contributed by atoms with Gasteiger partial charge in [0.2, 0.25) is 15.8 Å². The van der Waals surface area contributed by atoms with E-state index in [2.05, 4.69) is 9.80 Å². The van der Waals surface area contributed by atoms with Gasteiger partial charge in [0.1, 0.15) is 12.0 Å². The fourth-order valence-electron chi connectivity index (χ4n) is 4.94. The van der Waals surface area contributed by atoms with Crippen molar-refractivity contribution in [1.29, 1.82) is 0 Å². The minimum atomic E-state index is -3.69. The van der Waals surface area contributed by atoms with Gasteiger partial charge in [0, 0.05) is 44.0 Å². The van der Waals surface area contributed by atoms with Crippen molar-refractivity contribution in [2.45, 2.75) is 23.8 Å². The molecule has 0 aliphatic carbocycles. The van der Waals surface area contributed by atoms with Crippen molar-refractivity contribution in [3.8, 4) is 0 Å². The summed E-state index contributed by atoms with van der Waals surface area (Å²) in [5.41, 5.74) is 1.53. The van der Waals surface area contributed by atoms with Crippen LogP contribution >= 0.6 is 0 Å². The van der Waals surface area contributed by atoms with Gasteiger partial charge >= 0.3 is 0 Å². The molecule has 0 saturated carbocycles. The zero-order chi connectivity index (χ0) is 21.6. The number of hydrogen-bond acceptors (Lipinski definition) is 6. The Morgan fingerprint density at radius 2 is 1.65 bits per heavy atom. The number of benzene rings is 2. The monoisotopic (exact) mass is 447 g/mol. The molecule has 2 saturated heterocycles. The third kappa shape index (κ3) is 3.27. The van der Waals surface area contributed by atoms with E-state index in [0.29, 0.717) is 51.5 Å². The van der Waals surface area contributed by atoms with Crippen molar-refractivity contribution in [2.75, 3.05) is 50.8 Å². The molecule has 0 radical (unpaired) electrons. The zero-order valence-electron chi connectivity index (χ0n) is 17.4. The van der Waals surface area contributed by atoms with Gasteiger partial charge in [0.25, 0.3) is 0 Å². The molecule has 0 aromatic heterocycles. The highest BCUT2D eigenvalue weighted by Crippen LogP contribution is 2.47. The molecule has 2 aromatic rings. The summed E-state index contributed by atoms with van der Waals surface area (Å²) in [7, 11) is -3.69. The molecule has 0 amide bonds. The Morgan fingerprint density at radius 3 is 2.29 bits per heavy atom. The molecule has 1 unspecified atom stereocenters. The van der Waals surface area contributed by atoms with Gasteiger partial charge in [0.05, 0.1) is 18.1 Å². The van der Waals surface area contributed by atoms with Crippen LogP contribution in [0.3, 0.4) is 0 Å². The summed E-state index contributed by atoms with van der Waals surface area (Å²) in [5, 5.41) is 0. The van der Waals surface area contributed by atoms with Gasteiger partial charge in [-0.25, -0.2) is 12.8 Å². The van der Waals surface area contributed by atoms with E-state index in [1.807, 2.05) is 13.0 Å². The first kappa shape index (κ1) is 20.8. The van der Waals surface area contributed by atoms with Crippen molar-refractivity contribution in [2.24, 2.45) is 0 Å². The third-order valence-electron chi connectivity index (χ3n) is 6.34. The minimum absolute atomic E-state index is 0.250. The quantitative estimate of drug-likeness (QED) is 0.719. The maximum atomic E-state index is 13.5. The highest BCUT2D eigenvalue weighted by atomic mass is 32.2. The SMILES string of the molecule is CCN1C(N2CCN(c3ccc(F)cc3)CC2)C2(OCCO2)c2ccccc2S1(=O)=O. The van der Waals surface area contributed by atoms with Gasteiger partial charge in [0.15, 0.2) is 0 Å². The van der Waals surface area contributed by atoms with Crippen LogP contribution in [0.2, 0.25) is 0 Å². The summed E-state index contributed by atoms with van der Waals surface area (Å²) in [4.78, 5) is 4.57. The van der Waals surface area contributed by atoms with Crippen LogP contribution in [0.1, 0.15) is 12.5 Å². The number of anilines is 1. The van der Waals surface area contributed by atoms with Crippen LogP contribution in [0.4, 0.5) is 10.1 Å². The topological polar surface area (TPSA) is 62.3 Å². The van der Waals surface area contributed by atoms with Crippen molar-refractivity contribution in [1.82, 2.24) is 9.21 Å². The number of ether oxygens (including phenoxy) is 2. The molecule has 1 spiro atoms. The standard InChI is InChI=1S/C22H26FN3O4S/c1-2-26-21(25-13-11-24(12-14-25)18-9-7-17(23)8-10-18)22(29-15-16-30-22)19-5-3-4-6-20(19)31(26,27)28/h3-10,21H,2,11-16H2,1H3. The summed E-state index contributed by atoms with van der Waals surface area (Å²) >= 11 is 0. The number of rotatable bonds is 3. The number of nitrogens with zero attached hydrogens (tertiary/aromatic N) is 3. The number of fused-ring (bicyclic) bond motifs is 2. The van der Waals surface area contributed by atoms with Crippen molar-refractivity contribution >= 4 is 15.7 Å². The van der Waals surface area contributed by atoms with Crippen LogP contribution < -0.4 is 4.90 Å². The number of sulfonamides is 1. The van der Waals surface area contributed by atoms with Crippen LogP contribution in [-0.4, -0.2) is 69.7 Å². The molecule has 2 aromatic carbocycles. The Morgan fingerprint density at radius 1 is 1.00 bits per heavy atom. The lowest BCUT2D eigenvalue weighted by Gasteiger charge is -2.52. The summed E-state index contributed by atoms with van der Waals surface area (Å²) in [5.74, 6) is -1.40. The molecular formula is C22H26FN3O4S. The fourth-order valence-corrected chi connectivity index (χ4v) is 6.81. The smallest absolute Gasteiger partial charge is 0.245 e. The van der Waals surface area contributed by atoms with Gasteiger partial charge in [-0.05, 0) is 30.3 Å². The van der Waals surface area contributed by atoms with E-state index >= 15 is 0 Å². The molecule has 1 atom stereocenters. The Hall–Kier alpha value is -2.04. The second-order valence-electron chi connectivity index (χ2n) is 7.94. The predicted molar refractivity (Wildman–Crippen MR) is 114 cm³/mol. The van der Waals surface area contributed by atoms with Gasteiger partial charge in [-0.3, -0.25) is 4.90 Å². The first-order valence-corrected chi connectivity index (χ1v) is 12.1. The van der Waals surface area contributed by atoms with E-state index in [4.69, 9.17) is 9.47 Å². The van der Waals surface area contributed by atoms with E-state index in [1.165, 1.54) is 16.4 Å². The normalized spacial score (nSPS) is 25.6. The molecule has 3 heterocycles. The molecular weight excluding hydrogens is 421 g/mol. The Balaban J connectivity index is 1.49. The zero-order valence-corrected chi connectivity index (χ0v) is 18.2. The first-order chi connectivity index (χ1) is 15.0. The Labute approximate surface area is 182 Å². The van der Waals surface area contributed by atoms with E-state index < -0.39 is 22.0 Å². The van der Waals surface area contributed by atoms with Gasteiger partial charge in [-0.15, -0.1) is 0 Å². The van der Waals surface area contributed by atoms with Gasteiger partial charge in [-0.1, -0.05) is 25.1 Å².